The summed E-state index contributed by atoms with van der Waals surface area (Å²) in [6, 6.07) is 21.0. The maximum Gasteiger partial charge on any atom is 0.166 e. The van der Waals surface area contributed by atoms with E-state index in [1.54, 1.807) is 0 Å². The van der Waals surface area contributed by atoms with Gasteiger partial charge in [0.1, 0.15) is 0 Å². The van der Waals surface area contributed by atoms with Crippen LogP contribution in [0.15, 0.2) is 73.0 Å². The van der Waals surface area contributed by atoms with E-state index in [-0.39, 0.29) is 18.3 Å². The minimum absolute atomic E-state index is 0. The van der Waals surface area contributed by atoms with E-state index in [1.165, 1.54) is 11.1 Å². The quantitative estimate of drug-likeness (QED) is 0.843. The van der Waals surface area contributed by atoms with Gasteiger partial charge in [0.25, 0.3) is 0 Å². The lowest BCUT2D eigenvalue weighted by Gasteiger charge is -2.37. The van der Waals surface area contributed by atoms with Gasteiger partial charge in [0.05, 0.1) is 6.26 Å². The first-order valence-corrected chi connectivity index (χ1v) is 7.34. The van der Waals surface area contributed by atoms with E-state index < -0.39 is 5.60 Å². The van der Waals surface area contributed by atoms with Gasteiger partial charge in [0.15, 0.2) is 5.60 Å². The van der Waals surface area contributed by atoms with Crippen molar-refractivity contribution in [3.63, 3.8) is 0 Å². The molecule has 1 aliphatic heterocycles. The van der Waals surface area contributed by atoms with Crippen LogP contribution in [0, 0.1) is 5.92 Å². The Kier molecular flexibility index (Phi) is 5.28. The molecule has 0 saturated carbocycles. The standard InChI is InChI=1S/C19H21NO.ClH/c1-20(2)15-18-13-14-21-19(18,16-9-5-3-6-10-16)17-11-7-4-8-12-17;/h3-14,18H,15H2,1-2H3;1H. The molecular formula is C19H22ClNO. The summed E-state index contributed by atoms with van der Waals surface area (Å²) in [6.45, 7) is 0.945. The molecule has 0 saturated heterocycles. The summed E-state index contributed by atoms with van der Waals surface area (Å²) >= 11 is 0. The van der Waals surface area contributed by atoms with Crippen molar-refractivity contribution < 1.29 is 4.74 Å². The van der Waals surface area contributed by atoms with Crippen LogP contribution < -0.4 is 0 Å². The van der Waals surface area contributed by atoms with E-state index >= 15 is 0 Å². The molecule has 3 rings (SSSR count). The van der Waals surface area contributed by atoms with Crippen LogP contribution in [-0.4, -0.2) is 25.5 Å². The molecule has 0 N–H and O–H groups in total. The molecule has 0 spiro atoms. The van der Waals surface area contributed by atoms with Crippen molar-refractivity contribution in [3.05, 3.63) is 84.1 Å². The van der Waals surface area contributed by atoms with E-state index in [4.69, 9.17) is 4.74 Å². The van der Waals surface area contributed by atoms with Crippen LogP contribution >= 0.6 is 12.4 Å². The molecule has 0 fully saturated rings. The van der Waals surface area contributed by atoms with Crippen molar-refractivity contribution in [2.45, 2.75) is 5.60 Å². The number of hydrogen-bond donors (Lipinski definition) is 0. The number of hydrogen-bond acceptors (Lipinski definition) is 2. The van der Waals surface area contributed by atoms with Gasteiger partial charge in [-0.3, -0.25) is 0 Å². The summed E-state index contributed by atoms with van der Waals surface area (Å²) in [5.41, 5.74) is 1.98. The molecule has 0 radical (unpaired) electrons. The average molecular weight is 316 g/mol. The molecular weight excluding hydrogens is 294 g/mol. The third-order valence-corrected chi connectivity index (χ3v) is 4.05. The van der Waals surface area contributed by atoms with Gasteiger partial charge < -0.3 is 9.64 Å². The topological polar surface area (TPSA) is 12.5 Å². The number of halogens is 1. The fourth-order valence-electron chi connectivity index (χ4n) is 3.15. The Labute approximate surface area is 138 Å². The zero-order valence-corrected chi connectivity index (χ0v) is 13.8. The molecule has 0 aliphatic carbocycles. The third-order valence-electron chi connectivity index (χ3n) is 4.05. The highest BCUT2D eigenvalue weighted by atomic mass is 35.5. The highest BCUT2D eigenvalue weighted by Crippen LogP contribution is 2.45. The van der Waals surface area contributed by atoms with Crippen molar-refractivity contribution in [1.82, 2.24) is 4.90 Å². The molecule has 2 nitrogen and oxygen atoms in total. The molecule has 1 aliphatic rings. The van der Waals surface area contributed by atoms with Crippen LogP contribution in [0.4, 0.5) is 0 Å². The molecule has 1 unspecified atom stereocenters. The lowest BCUT2D eigenvalue weighted by molar-refractivity contribution is 0.0359. The van der Waals surface area contributed by atoms with E-state index in [0.29, 0.717) is 0 Å². The molecule has 116 valence electrons. The van der Waals surface area contributed by atoms with Gasteiger partial charge in [-0.2, -0.15) is 0 Å². The number of ether oxygens (including phenoxy) is 1. The SMILES string of the molecule is CN(C)CC1C=COC1(c1ccccc1)c1ccccc1.Cl. The zero-order chi connectivity index (χ0) is 14.7. The second-order valence-electron chi connectivity index (χ2n) is 5.78. The van der Waals surface area contributed by atoms with Gasteiger partial charge in [-0.25, -0.2) is 0 Å². The predicted molar refractivity (Wildman–Crippen MR) is 93.2 cm³/mol. The Hall–Kier alpha value is -1.77. The molecule has 3 heteroatoms. The third kappa shape index (κ3) is 2.90. The largest absolute Gasteiger partial charge is 0.485 e. The monoisotopic (exact) mass is 315 g/mol. The van der Waals surface area contributed by atoms with Crippen LogP contribution in [0.1, 0.15) is 11.1 Å². The molecule has 22 heavy (non-hydrogen) atoms. The van der Waals surface area contributed by atoms with Crippen LogP contribution in [0.5, 0.6) is 0 Å². The van der Waals surface area contributed by atoms with Gasteiger partial charge in [0, 0.05) is 23.6 Å². The maximum atomic E-state index is 6.22. The van der Waals surface area contributed by atoms with E-state index in [9.17, 15) is 0 Å². The van der Waals surface area contributed by atoms with Crippen LogP contribution in [0.3, 0.4) is 0 Å². The highest BCUT2D eigenvalue weighted by Gasteiger charge is 2.45. The Morgan fingerprint density at radius 2 is 1.41 bits per heavy atom. The molecule has 2 aromatic rings. The maximum absolute atomic E-state index is 6.22. The van der Waals surface area contributed by atoms with Gasteiger partial charge in [-0.15, -0.1) is 12.4 Å². The van der Waals surface area contributed by atoms with Gasteiger partial charge in [0.2, 0.25) is 0 Å². The van der Waals surface area contributed by atoms with Crippen LogP contribution in [-0.2, 0) is 10.3 Å². The molecule has 0 aromatic heterocycles. The first kappa shape index (κ1) is 16.6. The lowest BCUT2D eigenvalue weighted by Crippen LogP contribution is -2.39. The van der Waals surface area contributed by atoms with Crippen molar-refractivity contribution >= 4 is 12.4 Å². The minimum atomic E-state index is -0.424. The molecule has 1 atom stereocenters. The predicted octanol–water partition coefficient (Wildman–Crippen LogP) is 4.07. The average Bonchev–Trinajstić information content (AvgIpc) is 2.93. The summed E-state index contributed by atoms with van der Waals surface area (Å²) in [4.78, 5) is 2.21. The summed E-state index contributed by atoms with van der Waals surface area (Å²) in [5.74, 6) is 0.289. The smallest absolute Gasteiger partial charge is 0.166 e. The van der Waals surface area contributed by atoms with Gasteiger partial charge >= 0.3 is 0 Å². The number of benzene rings is 2. The number of rotatable bonds is 4. The van der Waals surface area contributed by atoms with Crippen LogP contribution in [0.25, 0.3) is 0 Å². The van der Waals surface area contributed by atoms with E-state index in [0.717, 1.165) is 6.54 Å². The van der Waals surface area contributed by atoms with Crippen molar-refractivity contribution in [1.29, 1.82) is 0 Å². The first-order valence-electron chi connectivity index (χ1n) is 7.34. The summed E-state index contributed by atoms with van der Waals surface area (Å²) in [7, 11) is 4.21. The van der Waals surface area contributed by atoms with Crippen molar-refractivity contribution in [2.75, 3.05) is 20.6 Å². The van der Waals surface area contributed by atoms with Crippen molar-refractivity contribution in [2.24, 2.45) is 5.92 Å². The van der Waals surface area contributed by atoms with Crippen molar-refractivity contribution in [3.8, 4) is 0 Å². The highest BCUT2D eigenvalue weighted by molar-refractivity contribution is 5.85. The van der Waals surface area contributed by atoms with Crippen LogP contribution in [0.2, 0.25) is 0 Å². The second kappa shape index (κ2) is 6.99. The first-order chi connectivity index (χ1) is 10.2. The Bertz CT molecular complexity index is 570. The normalized spacial score (nSPS) is 18.8. The molecule has 0 bridgehead atoms. The minimum Gasteiger partial charge on any atom is -0.485 e. The molecule has 1 heterocycles. The lowest BCUT2D eigenvalue weighted by atomic mass is 9.76. The Balaban J connectivity index is 0.00000176. The Morgan fingerprint density at radius 3 is 1.86 bits per heavy atom. The zero-order valence-electron chi connectivity index (χ0n) is 13.0. The number of nitrogens with zero attached hydrogens (tertiary/aromatic N) is 1. The van der Waals surface area contributed by atoms with Gasteiger partial charge in [-0.1, -0.05) is 60.7 Å². The summed E-state index contributed by atoms with van der Waals surface area (Å²) in [5, 5.41) is 0. The second-order valence-corrected chi connectivity index (χ2v) is 5.78. The van der Waals surface area contributed by atoms with Gasteiger partial charge in [-0.05, 0) is 20.2 Å². The molecule has 2 aromatic carbocycles. The molecule has 0 amide bonds. The Morgan fingerprint density at radius 1 is 0.909 bits per heavy atom. The fourth-order valence-corrected chi connectivity index (χ4v) is 3.15. The van der Waals surface area contributed by atoms with E-state index in [2.05, 4.69) is 73.6 Å². The van der Waals surface area contributed by atoms with E-state index in [1.807, 2.05) is 18.4 Å². The fraction of sp³-hybridized carbons (Fsp3) is 0.263. The summed E-state index contributed by atoms with van der Waals surface area (Å²) < 4.78 is 6.22. The summed E-state index contributed by atoms with van der Waals surface area (Å²) in [6.07, 6.45) is 4.04.